The number of carboxylic acid groups (broad SMARTS) is 1. The van der Waals surface area contributed by atoms with Crippen LogP contribution in [0.25, 0.3) is 11.1 Å². The lowest BCUT2D eigenvalue weighted by atomic mass is 10.0. The van der Waals surface area contributed by atoms with Crippen molar-refractivity contribution in [1.29, 1.82) is 0 Å². The van der Waals surface area contributed by atoms with Gasteiger partial charge in [0.1, 0.15) is 11.9 Å². The maximum absolute atomic E-state index is 13.5. The lowest BCUT2D eigenvalue weighted by molar-refractivity contribution is -0.145. The Morgan fingerprint density at radius 3 is 2.67 bits per heavy atom. The summed E-state index contributed by atoms with van der Waals surface area (Å²) in [4.78, 5) is 24.6. The number of nitrogens with zero attached hydrogens (tertiary/aromatic N) is 1. The van der Waals surface area contributed by atoms with Gasteiger partial charge in [-0.3, -0.25) is 0 Å². The van der Waals surface area contributed by atoms with E-state index in [0.29, 0.717) is 34.8 Å². The van der Waals surface area contributed by atoms with Crippen LogP contribution < -0.4 is 5.32 Å². The first kappa shape index (κ1) is 16.3. The molecule has 124 valence electrons. The average Bonchev–Trinajstić information content (AvgIpc) is 2.45. The largest absolute Gasteiger partial charge is 0.480 e. The Kier molecular flexibility index (Phi) is 4.40. The van der Waals surface area contributed by atoms with Gasteiger partial charge in [0.15, 0.2) is 0 Å². The molecule has 0 saturated carbocycles. The SMILES string of the molecule is O=C(O)[C@H]1CCN1C(=O)Nc1cc(Cl)ccc1-c1cccc(F)c1. The number of carbonyl (C=O) groups is 2. The molecule has 2 aromatic carbocycles. The monoisotopic (exact) mass is 348 g/mol. The summed E-state index contributed by atoms with van der Waals surface area (Å²) in [6.07, 6.45) is 0.426. The number of carboxylic acids is 1. The van der Waals surface area contributed by atoms with Crippen LogP contribution in [0.1, 0.15) is 6.42 Å². The highest BCUT2D eigenvalue weighted by molar-refractivity contribution is 6.31. The number of urea groups is 1. The molecule has 1 saturated heterocycles. The van der Waals surface area contributed by atoms with E-state index >= 15 is 0 Å². The van der Waals surface area contributed by atoms with Gasteiger partial charge in [-0.25, -0.2) is 14.0 Å². The predicted molar refractivity (Wildman–Crippen MR) is 88.6 cm³/mol. The van der Waals surface area contributed by atoms with Crippen LogP contribution in [0.15, 0.2) is 42.5 Å². The second kappa shape index (κ2) is 6.49. The molecule has 0 unspecified atom stereocenters. The van der Waals surface area contributed by atoms with Gasteiger partial charge in [-0.2, -0.15) is 0 Å². The van der Waals surface area contributed by atoms with Crippen molar-refractivity contribution in [2.45, 2.75) is 12.5 Å². The Morgan fingerprint density at radius 1 is 1.25 bits per heavy atom. The van der Waals surface area contributed by atoms with E-state index < -0.39 is 23.9 Å². The number of benzene rings is 2. The van der Waals surface area contributed by atoms with Crippen molar-refractivity contribution in [3.8, 4) is 11.1 Å². The van der Waals surface area contributed by atoms with Gasteiger partial charge in [-0.1, -0.05) is 29.8 Å². The van der Waals surface area contributed by atoms with Gasteiger partial charge in [-0.15, -0.1) is 0 Å². The van der Waals surface area contributed by atoms with Crippen LogP contribution in [-0.4, -0.2) is 34.6 Å². The molecule has 1 aliphatic heterocycles. The molecule has 0 aromatic heterocycles. The third kappa shape index (κ3) is 3.19. The standard InChI is InChI=1S/C17H14ClFN2O3/c18-11-4-5-13(10-2-1-3-12(19)8-10)14(9-11)20-17(24)21-7-6-15(21)16(22)23/h1-5,8-9,15H,6-7H2,(H,20,24)(H,22,23)/t15-/m1/s1. The first-order chi connectivity index (χ1) is 11.5. The molecule has 1 fully saturated rings. The summed E-state index contributed by atoms with van der Waals surface area (Å²) in [5, 5.41) is 12.1. The van der Waals surface area contributed by atoms with Gasteiger partial charge in [-0.05, 0) is 36.2 Å². The molecule has 0 spiro atoms. The summed E-state index contributed by atoms with van der Waals surface area (Å²) in [6, 6.07) is 9.49. The number of anilines is 1. The molecule has 0 aliphatic carbocycles. The van der Waals surface area contributed by atoms with Crippen LogP contribution in [-0.2, 0) is 4.79 Å². The number of amides is 2. The molecule has 2 N–H and O–H groups in total. The van der Waals surface area contributed by atoms with Gasteiger partial charge in [0.2, 0.25) is 0 Å². The van der Waals surface area contributed by atoms with Crippen LogP contribution >= 0.6 is 11.6 Å². The molecule has 1 aliphatic rings. The minimum Gasteiger partial charge on any atom is -0.480 e. The van der Waals surface area contributed by atoms with Crippen LogP contribution in [0, 0.1) is 5.82 Å². The number of rotatable bonds is 3. The summed E-state index contributed by atoms with van der Waals surface area (Å²) >= 11 is 5.99. The van der Waals surface area contributed by atoms with Crippen molar-refractivity contribution in [1.82, 2.24) is 4.90 Å². The Hall–Kier alpha value is -2.60. The van der Waals surface area contributed by atoms with Gasteiger partial charge in [0.25, 0.3) is 0 Å². The maximum Gasteiger partial charge on any atom is 0.326 e. The van der Waals surface area contributed by atoms with Crippen molar-refractivity contribution in [3.05, 3.63) is 53.3 Å². The van der Waals surface area contributed by atoms with E-state index in [4.69, 9.17) is 16.7 Å². The quantitative estimate of drug-likeness (QED) is 0.885. The molecule has 0 radical (unpaired) electrons. The fourth-order valence-corrected chi connectivity index (χ4v) is 2.77. The van der Waals surface area contributed by atoms with Crippen LogP contribution in [0.4, 0.5) is 14.9 Å². The highest BCUT2D eigenvalue weighted by atomic mass is 35.5. The molecule has 0 bridgehead atoms. The van der Waals surface area contributed by atoms with Gasteiger partial charge < -0.3 is 15.3 Å². The number of nitrogens with one attached hydrogen (secondary N) is 1. The van der Waals surface area contributed by atoms with Crippen molar-refractivity contribution >= 4 is 29.3 Å². The first-order valence-electron chi connectivity index (χ1n) is 7.31. The first-order valence-corrected chi connectivity index (χ1v) is 7.69. The maximum atomic E-state index is 13.5. The molecule has 3 rings (SSSR count). The molecule has 24 heavy (non-hydrogen) atoms. The third-order valence-corrected chi connectivity index (χ3v) is 4.16. The highest BCUT2D eigenvalue weighted by Gasteiger charge is 2.37. The highest BCUT2D eigenvalue weighted by Crippen LogP contribution is 2.32. The van der Waals surface area contributed by atoms with Crippen LogP contribution in [0.3, 0.4) is 0 Å². The topological polar surface area (TPSA) is 69.6 Å². The number of carbonyl (C=O) groups excluding carboxylic acids is 1. The fraction of sp³-hybridized carbons (Fsp3) is 0.176. The fourth-order valence-electron chi connectivity index (χ4n) is 2.60. The van der Waals surface area contributed by atoms with Crippen molar-refractivity contribution in [2.75, 3.05) is 11.9 Å². The van der Waals surface area contributed by atoms with E-state index in [-0.39, 0.29) is 0 Å². The van der Waals surface area contributed by atoms with Gasteiger partial charge >= 0.3 is 12.0 Å². The molecular formula is C17H14ClFN2O3. The van der Waals surface area contributed by atoms with E-state index in [1.165, 1.54) is 17.0 Å². The Labute approximate surface area is 142 Å². The predicted octanol–water partition coefficient (Wildman–Crippen LogP) is 3.84. The smallest absolute Gasteiger partial charge is 0.326 e. The zero-order valence-corrected chi connectivity index (χ0v) is 13.3. The molecular weight excluding hydrogens is 335 g/mol. The van der Waals surface area contributed by atoms with E-state index in [0.717, 1.165) is 0 Å². The Morgan fingerprint density at radius 2 is 2.04 bits per heavy atom. The van der Waals surface area contributed by atoms with Crippen molar-refractivity contribution in [3.63, 3.8) is 0 Å². The number of aliphatic carboxylic acids is 1. The van der Waals surface area contributed by atoms with E-state index in [9.17, 15) is 14.0 Å². The summed E-state index contributed by atoms with van der Waals surface area (Å²) < 4.78 is 13.5. The summed E-state index contributed by atoms with van der Waals surface area (Å²) in [6.45, 7) is 0.374. The van der Waals surface area contributed by atoms with Crippen LogP contribution in [0.2, 0.25) is 5.02 Å². The van der Waals surface area contributed by atoms with Crippen molar-refractivity contribution in [2.24, 2.45) is 0 Å². The summed E-state index contributed by atoms with van der Waals surface area (Å²) in [5.74, 6) is -1.43. The summed E-state index contributed by atoms with van der Waals surface area (Å²) in [5.41, 5.74) is 1.58. The Bertz CT molecular complexity index is 812. The van der Waals surface area contributed by atoms with Crippen molar-refractivity contribution < 1.29 is 19.1 Å². The normalized spacial score (nSPS) is 16.4. The average molecular weight is 349 g/mol. The third-order valence-electron chi connectivity index (χ3n) is 3.92. The van der Waals surface area contributed by atoms with E-state index in [1.807, 2.05) is 0 Å². The minimum absolute atomic E-state index is 0.374. The lowest BCUT2D eigenvalue weighted by Gasteiger charge is -2.37. The van der Waals surface area contributed by atoms with Crippen LogP contribution in [0.5, 0.6) is 0 Å². The summed E-state index contributed by atoms with van der Waals surface area (Å²) in [7, 11) is 0. The Balaban J connectivity index is 1.89. The van der Waals surface area contributed by atoms with Gasteiger partial charge in [0, 0.05) is 17.1 Å². The zero-order valence-electron chi connectivity index (χ0n) is 12.5. The van der Waals surface area contributed by atoms with E-state index in [2.05, 4.69) is 5.32 Å². The molecule has 1 heterocycles. The van der Waals surface area contributed by atoms with Gasteiger partial charge in [0.05, 0.1) is 5.69 Å². The number of hydrogen-bond acceptors (Lipinski definition) is 2. The lowest BCUT2D eigenvalue weighted by Crippen LogP contribution is -2.56. The molecule has 2 aromatic rings. The molecule has 7 heteroatoms. The molecule has 1 atom stereocenters. The zero-order chi connectivity index (χ0) is 17.3. The number of likely N-dealkylation sites (tertiary alicyclic amines) is 1. The molecule has 2 amide bonds. The van der Waals surface area contributed by atoms with E-state index in [1.54, 1.807) is 30.3 Å². The minimum atomic E-state index is -1.03. The number of hydrogen-bond donors (Lipinski definition) is 2. The second-order valence-corrected chi connectivity index (χ2v) is 5.90. The number of halogens is 2. The second-order valence-electron chi connectivity index (χ2n) is 5.47. The molecule has 5 nitrogen and oxygen atoms in total.